The van der Waals surface area contributed by atoms with E-state index in [1.807, 2.05) is 13.0 Å². The maximum Gasteiger partial charge on any atom is 0.253 e. The van der Waals surface area contributed by atoms with Crippen molar-refractivity contribution in [1.82, 2.24) is 19.6 Å². The van der Waals surface area contributed by atoms with Crippen LogP contribution in [0.15, 0.2) is 27.8 Å². The zero-order valence-electron chi connectivity index (χ0n) is 15.7. The van der Waals surface area contributed by atoms with E-state index in [0.717, 1.165) is 56.2 Å². The van der Waals surface area contributed by atoms with Crippen molar-refractivity contribution in [2.75, 3.05) is 13.1 Å². The van der Waals surface area contributed by atoms with Crippen LogP contribution in [0.3, 0.4) is 0 Å². The van der Waals surface area contributed by atoms with Gasteiger partial charge in [-0.15, -0.1) is 0 Å². The molecule has 0 atom stereocenters. The molecule has 0 unspecified atom stereocenters. The van der Waals surface area contributed by atoms with Crippen LogP contribution >= 0.6 is 0 Å². The molecule has 0 aromatic carbocycles. The molecule has 2 aromatic heterocycles. The van der Waals surface area contributed by atoms with Crippen molar-refractivity contribution in [3.8, 4) is 0 Å². The Morgan fingerprint density at radius 3 is 2.52 bits per heavy atom. The molecule has 0 N–H and O–H groups in total. The van der Waals surface area contributed by atoms with E-state index in [-0.39, 0.29) is 11.0 Å². The van der Waals surface area contributed by atoms with Crippen molar-refractivity contribution in [2.24, 2.45) is 5.92 Å². The Labute approximate surface area is 148 Å². The molecule has 136 valence electrons. The minimum Gasteiger partial charge on any atom is -0.360 e. The quantitative estimate of drug-likeness (QED) is 0.853. The third-order valence-electron chi connectivity index (χ3n) is 4.87. The molecule has 6 heteroatoms. The molecule has 1 aliphatic heterocycles. The van der Waals surface area contributed by atoms with E-state index in [4.69, 9.17) is 4.52 Å². The van der Waals surface area contributed by atoms with Crippen molar-refractivity contribution < 1.29 is 4.52 Å². The largest absolute Gasteiger partial charge is 0.360 e. The third kappa shape index (κ3) is 4.57. The highest BCUT2D eigenvalue weighted by Crippen LogP contribution is 2.21. The van der Waals surface area contributed by atoms with Crippen molar-refractivity contribution >= 4 is 0 Å². The average Bonchev–Trinajstić information content (AvgIpc) is 2.95. The molecule has 3 heterocycles. The number of hydrogen-bond donors (Lipinski definition) is 0. The van der Waals surface area contributed by atoms with Gasteiger partial charge in [-0.2, -0.15) is 0 Å². The summed E-state index contributed by atoms with van der Waals surface area (Å²) in [7, 11) is 0. The summed E-state index contributed by atoms with van der Waals surface area (Å²) < 4.78 is 7.06. The highest BCUT2D eigenvalue weighted by Gasteiger charge is 2.22. The molecule has 0 radical (unpaired) electrons. The van der Waals surface area contributed by atoms with Crippen molar-refractivity contribution in [3.63, 3.8) is 0 Å². The van der Waals surface area contributed by atoms with E-state index in [1.165, 1.54) is 0 Å². The SMILES string of the molecule is Cc1cc(CN2CCC(Cn3cnc(C(C)(C)C)cc3=O)CC2)on1. The van der Waals surface area contributed by atoms with Crippen LogP contribution in [-0.2, 0) is 18.5 Å². The first-order valence-electron chi connectivity index (χ1n) is 9.03. The summed E-state index contributed by atoms with van der Waals surface area (Å²) in [5.74, 6) is 1.45. The average molecular weight is 344 g/mol. The van der Waals surface area contributed by atoms with Crippen LogP contribution in [0.5, 0.6) is 0 Å². The van der Waals surface area contributed by atoms with Gasteiger partial charge in [0.1, 0.15) is 0 Å². The van der Waals surface area contributed by atoms with Crippen LogP contribution in [0.1, 0.15) is 50.8 Å². The van der Waals surface area contributed by atoms with Gasteiger partial charge < -0.3 is 4.52 Å². The fraction of sp³-hybridized carbons (Fsp3) is 0.632. The zero-order chi connectivity index (χ0) is 18.0. The van der Waals surface area contributed by atoms with Crippen LogP contribution in [-0.4, -0.2) is 32.7 Å². The predicted molar refractivity (Wildman–Crippen MR) is 96.4 cm³/mol. The van der Waals surface area contributed by atoms with Crippen LogP contribution in [0, 0.1) is 12.8 Å². The molecule has 25 heavy (non-hydrogen) atoms. The minimum absolute atomic E-state index is 0.0551. The maximum absolute atomic E-state index is 12.4. The Morgan fingerprint density at radius 1 is 1.24 bits per heavy atom. The molecule has 3 rings (SSSR count). The molecular formula is C19H28N4O2. The molecule has 0 aliphatic carbocycles. The topological polar surface area (TPSA) is 64.2 Å². The zero-order valence-corrected chi connectivity index (χ0v) is 15.7. The first-order valence-corrected chi connectivity index (χ1v) is 9.03. The molecule has 0 spiro atoms. The fourth-order valence-electron chi connectivity index (χ4n) is 3.29. The number of aryl methyl sites for hydroxylation is 1. The number of likely N-dealkylation sites (tertiary alicyclic amines) is 1. The molecular weight excluding hydrogens is 316 g/mol. The van der Waals surface area contributed by atoms with Crippen LogP contribution in [0.25, 0.3) is 0 Å². The van der Waals surface area contributed by atoms with Crippen LogP contribution in [0.2, 0.25) is 0 Å². The fourth-order valence-corrected chi connectivity index (χ4v) is 3.29. The smallest absolute Gasteiger partial charge is 0.253 e. The summed E-state index contributed by atoms with van der Waals surface area (Å²) in [6.07, 6.45) is 3.88. The Bertz CT molecular complexity index is 764. The van der Waals surface area contributed by atoms with Crippen molar-refractivity contribution in [3.05, 3.63) is 46.0 Å². The summed E-state index contributed by atoms with van der Waals surface area (Å²) in [6, 6.07) is 3.68. The van der Waals surface area contributed by atoms with E-state index < -0.39 is 0 Å². The number of nitrogens with zero attached hydrogens (tertiary/aromatic N) is 4. The molecule has 1 fully saturated rings. The van der Waals surface area contributed by atoms with Gasteiger partial charge in [-0.3, -0.25) is 14.3 Å². The second kappa shape index (κ2) is 7.12. The molecule has 0 amide bonds. The lowest BCUT2D eigenvalue weighted by molar-refractivity contribution is 0.152. The van der Waals surface area contributed by atoms with E-state index in [1.54, 1.807) is 17.0 Å². The predicted octanol–water partition coefficient (Wildman–Crippen LogP) is 2.75. The number of aromatic nitrogens is 3. The molecule has 1 aliphatic rings. The van der Waals surface area contributed by atoms with E-state index >= 15 is 0 Å². The molecule has 0 saturated carbocycles. The van der Waals surface area contributed by atoms with Gasteiger partial charge in [0.05, 0.1) is 24.3 Å². The van der Waals surface area contributed by atoms with E-state index in [9.17, 15) is 4.79 Å². The van der Waals surface area contributed by atoms with E-state index in [0.29, 0.717) is 5.92 Å². The molecule has 1 saturated heterocycles. The standard InChI is InChI=1S/C19H28N4O2/c1-14-9-16(25-21-14)12-22-7-5-15(6-8-22)11-23-13-20-17(10-18(23)24)19(2,3)4/h9-10,13,15H,5-8,11-12H2,1-4H3. The summed E-state index contributed by atoms with van der Waals surface area (Å²) in [6.45, 7) is 11.8. The van der Waals surface area contributed by atoms with Crippen molar-refractivity contribution in [2.45, 2.75) is 59.0 Å². The summed E-state index contributed by atoms with van der Waals surface area (Å²) in [5.41, 5.74) is 1.74. The third-order valence-corrected chi connectivity index (χ3v) is 4.87. The lowest BCUT2D eigenvalue weighted by Crippen LogP contribution is -2.36. The first-order chi connectivity index (χ1) is 11.8. The van der Waals surface area contributed by atoms with Crippen LogP contribution in [0.4, 0.5) is 0 Å². The second-order valence-corrected chi connectivity index (χ2v) is 8.17. The Hall–Kier alpha value is -1.95. The van der Waals surface area contributed by atoms with Gasteiger partial charge >= 0.3 is 0 Å². The summed E-state index contributed by atoms with van der Waals surface area (Å²) in [4.78, 5) is 19.2. The molecule has 0 bridgehead atoms. The number of hydrogen-bond acceptors (Lipinski definition) is 5. The van der Waals surface area contributed by atoms with Gasteiger partial charge in [-0.25, -0.2) is 4.98 Å². The lowest BCUT2D eigenvalue weighted by atomic mass is 9.92. The normalized spacial score (nSPS) is 17.1. The second-order valence-electron chi connectivity index (χ2n) is 8.17. The molecule has 2 aromatic rings. The van der Waals surface area contributed by atoms with Gasteiger partial charge in [-0.05, 0) is 38.8 Å². The maximum atomic E-state index is 12.4. The number of piperidine rings is 1. The van der Waals surface area contributed by atoms with Gasteiger partial charge in [-0.1, -0.05) is 25.9 Å². The van der Waals surface area contributed by atoms with Crippen LogP contribution < -0.4 is 5.56 Å². The van der Waals surface area contributed by atoms with Gasteiger partial charge in [0.25, 0.3) is 5.56 Å². The Morgan fingerprint density at radius 2 is 1.96 bits per heavy atom. The lowest BCUT2D eigenvalue weighted by Gasteiger charge is -2.31. The monoisotopic (exact) mass is 344 g/mol. The highest BCUT2D eigenvalue weighted by atomic mass is 16.5. The summed E-state index contributed by atoms with van der Waals surface area (Å²) in [5, 5.41) is 3.94. The van der Waals surface area contributed by atoms with Gasteiger partial charge in [0, 0.05) is 24.1 Å². The Balaban J connectivity index is 1.54. The van der Waals surface area contributed by atoms with E-state index in [2.05, 4.69) is 35.8 Å². The number of rotatable bonds is 4. The molecule has 6 nitrogen and oxygen atoms in total. The van der Waals surface area contributed by atoms with Gasteiger partial charge in [0.15, 0.2) is 5.76 Å². The van der Waals surface area contributed by atoms with Gasteiger partial charge in [0.2, 0.25) is 0 Å². The minimum atomic E-state index is -0.0946. The first kappa shape index (κ1) is 17.9. The Kier molecular flexibility index (Phi) is 5.08. The summed E-state index contributed by atoms with van der Waals surface area (Å²) >= 11 is 0. The highest BCUT2D eigenvalue weighted by molar-refractivity contribution is 5.10. The van der Waals surface area contributed by atoms with Crippen molar-refractivity contribution in [1.29, 1.82) is 0 Å².